The first kappa shape index (κ1) is 22.7. The molecular weight excluding hydrogens is 137 g/mol. The van der Waals surface area contributed by atoms with Crippen LogP contribution < -0.4 is 6.15 Å². The molecule has 3 heteroatoms. The van der Waals surface area contributed by atoms with Crippen LogP contribution in [0.2, 0.25) is 0 Å². The van der Waals surface area contributed by atoms with Gasteiger partial charge < -0.3 is 6.15 Å². The second kappa shape index (κ2) is 15.8. The summed E-state index contributed by atoms with van der Waals surface area (Å²) in [4.78, 5) is 0. The van der Waals surface area contributed by atoms with Crippen molar-refractivity contribution in [1.29, 1.82) is 0 Å². The summed E-state index contributed by atoms with van der Waals surface area (Å²) in [7, 11) is 0. The summed E-state index contributed by atoms with van der Waals surface area (Å²) in [5, 5.41) is 0. The summed E-state index contributed by atoms with van der Waals surface area (Å²) in [6.45, 7) is 0. The molecule has 0 heterocycles. The lowest BCUT2D eigenvalue weighted by Crippen LogP contribution is -1.47. The van der Waals surface area contributed by atoms with Crippen LogP contribution in [0.5, 0.6) is 0 Å². The molecule has 0 saturated heterocycles. The summed E-state index contributed by atoms with van der Waals surface area (Å²) < 4.78 is 0. The zero-order valence-corrected chi connectivity index (χ0v) is 6.25. The molecule has 1 aromatic rings. The first-order chi connectivity index (χ1) is 3.00. The normalized spacial score (nSPS) is 4.80. The molecule has 10 heavy (non-hydrogen) atoms. The minimum Gasteiger partial charge on any atom is -0.344 e. The van der Waals surface area contributed by atoms with Gasteiger partial charge in [0.1, 0.15) is 0 Å². The van der Waals surface area contributed by atoms with Crippen LogP contribution in [-0.4, -0.2) is 19.4 Å². The molecule has 0 aliphatic rings. The maximum absolute atomic E-state index is 2.00. The van der Waals surface area contributed by atoms with E-state index in [1.807, 2.05) is 36.4 Å². The minimum atomic E-state index is 0. The van der Waals surface area contributed by atoms with Crippen LogP contribution in [0.25, 0.3) is 0 Å². The van der Waals surface area contributed by atoms with Gasteiger partial charge in [-0.1, -0.05) is 43.8 Å². The van der Waals surface area contributed by atoms with E-state index in [0.29, 0.717) is 0 Å². The van der Waals surface area contributed by atoms with E-state index >= 15 is 0 Å². The molecule has 1 aromatic carbocycles. The van der Waals surface area contributed by atoms with Gasteiger partial charge >= 0.3 is 0 Å². The largest absolute Gasteiger partial charge is 0.344 e. The Morgan fingerprint density at radius 3 is 0.800 bits per heavy atom. The summed E-state index contributed by atoms with van der Waals surface area (Å²) in [5.74, 6) is 0. The Balaban J connectivity index is -0.0000000450. The maximum Gasteiger partial charge on any atom is 0 e. The molecule has 1 nitrogen and oxygen atoms in total. The van der Waals surface area contributed by atoms with Crippen LogP contribution in [0, 0.1) is 0 Å². The molecule has 7 radical (unpaired) electrons. The van der Waals surface area contributed by atoms with Gasteiger partial charge in [0.2, 0.25) is 0 Å². The lowest BCUT2D eigenvalue weighted by atomic mass is 10.4. The molecular formula is C7H13BNSi. The standard InChI is InChI=1S/C6H6.CH4.B.H3N.Si/c1-2-4-6-5-3-1;;;;/h1-6H;1H4;;1H3;. The first-order valence-electron chi connectivity index (χ1n) is 2.00. The highest BCUT2D eigenvalue weighted by atomic mass is 28.1. The number of rotatable bonds is 0. The Bertz CT molecular complexity index is 85.5. The molecule has 0 fully saturated rings. The van der Waals surface area contributed by atoms with Crippen molar-refractivity contribution in [1.82, 2.24) is 6.15 Å². The zero-order valence-electron chi connectivity index (χ0n) is 5.25. The van der Waals surface area contributed by atoms with Crippen molar-refractivity contribution in [2.75, 3.05) is 0 Å². The maximum atomic E-state index is 2.00. The van der Waals surface area contributed by atoms with Crippen LogP contribution in [-0.2, 0) is 0 Å². The Kier molecular flexibility index (Phi) is 35.9. The van der Waals surface area contributed by atoms with Crippen molar-refractivity contribution in [2.24, 2.45) is 0 Å². The molecule has 1 rings (SSSR count). The van der Waals surface area contributed by atoms with Crippen molar-refractivity contribution < 1.29 is 0 Å². The molecule has 0 aromatic heterocycles. The highest BCUT2D eigenvalue weighted by Crippen LogP contribution is 1.79. The molecule has 0 atom stereocenters. The smallest absolute Gasteiger partial charge is 0 e. The van der Waals surface area contributed by atoms with E-state index in [4.69, 9.17) is 0 Å². The Labute approximate surface area is 70.0 Å². The highest BCUT2D eigenvalue weighted by molar-refractivity contribution is 5.76. The second-order valence-electron chi connectivity index (χ2n) is 1.15. The van der Waals surface area contributed by atoms with Gasteiger partial charge in [0.25, 0.3) is 0 Å². The summed E-state index contributed by atoms with van der Waals surface area (Å²) >= 11 is 0. The van der Waals surface area contributed by atoms with Crippen molar-refractivity contribution >= 4 is 19.4 Å². The van der Waals surface area contributed by atoms with E-state index in [1.165, 1.54) is 0 Å². The zero-order chi connectivity index (χ0) is 4.24. The average molecular weight is 150 g/mol. The van der Waals surface area contributed by atoms with Gasteiger partial charge in [-0.05, 0) is 0 Å². The third kappa shape index (κ3) is 10.4. The Morgan fingerprint density at radius 1 is 0.600 bits per heavy atom. The average Bonchev–Trinajstić information content (AvgIpc) is 1.72. The van der Waals surface area contributed by atoms with E-state index in [9.17, 15) is 0 Å². The Hall–Kier alpha value is -0.538. The molecule has 0 aliphatic heterocycles. The van der Waals surface area contributed by atoms with Gasteiger partial charge in [-0.3, -0.25) is 0 Å². The predicted octanol–water partition coefficient (Wildman–Crippen LogP) is 1.72. The molecule has 0 saturated carbocycles. The molecule has 0 aliphatic carbocycles. The van der Waals surface area contributed by atoms with Crippen molar-refractivity contribution in [2.45, 2.75) is 7.43 Å². The molecule has 53 valence electrons. The van der Waals surface area contributed by atoms with Gasteiger partial charge in [0, 0.05) is 19.4 Å². The van der Waals surface area contributed by atoms with Crippen molar-refractivity contribution in [3.63, 3.8) is 0 Å². The van der Waals surface area contributed by atoms with Crippen LogP contribution >= 0.6 is 0 Å². The SMILES string of the molecule is C.N.[B].[Si].c1ccccc1. The Morgan fingerprint density at radius 2 is 0.700 bits per heavy atom. The molecule has 0 unspecified atom stereocenters. The quantitative estimate of drug-likeness (QED) is 0.561. The lowest BCUT2D eigenvalue weighted by molar-refractivity contribution is 1.72. The molecule has 0 spiro atoms. The summed E-state index contributed by atoms with van der Waals surface area (Å²) in [6.07, 6.45) is 0. The van der Waals surface area contributed by atoms with Gasteiger partial charge in [-0.25, -0.2) is 0 Å². The predicted molar refractivity (Wildman–Crippen MR) is 49.7 cm³/mol. The van der Waals surface area contributed by atoms with E-state index in [-0.39, 0.29) is 33.0 Å². The van der Waals surface area contributed by atoms with Crippen LogP contribution in [0.4, 0.5) is 0 Å². The van der Waals surface area contributed by atoms with Crippen molar-refractivity contribution in [3.05, 3.63) is 36.4 Å². The monoisotopic (exact) mass is 150 g/mol. The van der Waals surface area contributed by atoms with E-state index in [1.54, 1.807) is 0 Å². The fraction of sp³-hybridized carbons (Fsp3) is 0.143. The summed E-state index contributed by atoms with van der Waals surface area (Å²) in [5.41, 5.74) is 0. The second-order valence-corrected chi connectivity index (χ2v) is 1.15. The first-order valence-corrected chi connectivity index (χ1v) is 2.00. The van der Waals surface area contributed by atoms with Crippen LogP contribution in [0.1, 0.15) is 7.43 Å². The fourth-order valence-corrected chi connectivity index (χ4v) is 0.385. The number of hydrogen-bond acceptors (Lipinski definition) is 1. The minimum absolute atomic E-state index is 0. The van der Waals surface area contributed by atoms with Gasteiger partial charge in [-0.15, -0.1) is 0 Å². The van der Waals surface area contributed by atoms with Gasteiger partial charge in [-0.2, -0.15) is 0 Å². The van der Waals surface area contributed by atoms with E-state index in [2.05, 4.69) is 0 Å². The molecule has 0 bridgehead atoms. The van der Waals surface area contributed by atoms with Gasteiger partial charge in [0.05, 0.1) is 0 Å². The third-order valence-electron chi connectivity index (χ3n) is 0.667. The fourth-order valence-electron chi connectivity index (χ4n) is 0.385. The lowest BCUT2D eigenvalue weighted by Gasteiger charge is -1.69. The van der Waals surface area contributed by atoms with E-state index < -0.39 is 0 Å². The van der Waals surface area contributed by atoms with Crippen LogP contribution in [0.3, 0.4) is 0 Å². The summed E-state index contributed by atoms with van der Waals surface area (Å²) in [6, 6.07) is 12.0. The van der Waals surface area contributed by atoms with E-state index in [0.717, 1.165) is 0 Å². The molecule has 3 N–H and O–H groups in total. The topological polar surface area (TPSA) is 35.0 Å². The third-order valence-corrected chi connectivity index (χ3v) is 0.667. The highest BCUT2D eigenvalue weighted by Gasteiger charge is 1.57. The number of hydrogen-bond donors (Lipinski definition) is 1. The van der Waals surface area contributed by atoms with Gasteiger partial charge in [0.15, 0.2) is 0 Å². The number of benzene rings is 1. The van der Waals surface area contributed by atoms with Crippen molar-refractivity contribution in [3.8, 4) is 0 Å². The molecule has 0 amide bonds. The van der Waals surface area contributed by atoms with Crippen LogP contribution in [0.15, 0.2) is 36.4 Å².